The molecule has 0 aliphatic carbocycles. The van der Waals surface area contributed by atoms with Gasteiger partial charge in [-0.15, -0.1) is 0 Å². The summed E-state index contributed by atoms with van der Waals surface area (Å²) in [5, 5.41) is 9.79. The number of unbranched alkanes of at least 4 members (excludes halogenated alkanes) is 4. The molecule has 0 spiro atoms. The molecule has 2 atom stereocenters. The monoisotopic (exact) mass is 477 g/mol. The second kappa shape index (κ2) is 14.8. The minimum absolute atomic E-state index is 0.0716. The van der Waals surface area contributed by atoms with Crippen LogP contribution in [0.5, 0.6) is 0 Å². The van der Waals surface area contributed by atoms with E-state index < -0.39 is 22.7 Å². The number of carbonyl (C=O) groups excluding carboxylic acids is 1. The van der Waals surface area contributed by atoms with E-state index in [0.29, 0.717) is 28.0 Å². The van der Waals surface area contributed by atoms with E-state index in [1.165, 1.54) is 0 Å². The molecular weight excluding hydrogens is 445 g/mol. The highest BCUT2D eigenvalue weighted by Gasteiger charge is 2.27. The third kappa shape index (κ3) is 9.80. The predicted octanol–water partition coefficient (Wildman–Crippen LogP) is 5.79. The Morgan fingerprint density at radius 3 is 2.13 bits per heavy atom. The Morgan fingerprint density at radius 2 is 1.63 bits per heavy atom. The smallest absolute Gasteiger partial charge is 0.303 e. The minimum atomic E-state index is -1.48. The summed E-state index contributed by atoms with van der Waals surface area (Å²) < 4.78 is 12.9. The molecule has 8 heteroatoms. The Hall–Kier alpha value is -1.11. The normalized spacial score (nSPS) is 13.1. The van der Waals surface area contributed by atoms with Crippen molar-refractivity contribution in [3.63, 3.8) is 0 Å². The molecule has 1 aromatic rings. The molecule has 30 heavy (non-hydrogen) atoms. The van der Waals surface area contributed by atoms with E-state index in [9.17, 15) is 13.8 Å². The topological polar surface area (TPSA) is 74.7 Å². The Morgan fingerprint density at radius 1 is 1.03 bits per heavy atom. The number of hydrogen-bond acceptors (Lipinski definition) is 3. The van der Waals surface area contributed by atoms with Crippen LogP contribution in [0.25, 0.3) is 0 Å². The van der Waals surface area contributed by atoms with Crippen LogP contribution in [-0.2, 0) is 20.4 Å². The minimum Gasteiger partial charge on any atom is -0.481 e. The van der Waals surface area contributed by atoms with Crippen molar-refractivity contribution in [2.45, 2.75) is 70.1 Å². The largest absolute Gasteiger partial charge is 0.481 e. The van der Waals surface area contributed by atoms with Crippen LogP contribution in [0.3, 0.4) is 0 Å². The summed E-state index contributed by atoms with van der Waals surface area (Å²) in [6, 6.07) is 4.75. The fourth-order valence-electron chi connectivity index (χ4n) is 3.17. The van der Waals surface area contributed by atoms with E-state index >= 15 is 0 Å². The van der Waals surface area contributed by atoms with Crippen molar-refractivity contribution in [3.05, 3.63) is 28.2 Å². The maximum absolute atomic E-state index is 13.3. The first-order valence-corrected chi connectivity index (χ1v) is 12.7. The van der Waals surface area contributed by atoms with Gasteiger partial charge in [-0.05, 0) is 37.5 Å². The summed E-state index contributed by atoms with van der Waals surface area (Å²) in [6.07, 6.45) is 6.04. The average Bonchev–Trinajstić information content (AvgIpc) is 2.71. The van der Waals surface area contributed by atoms with Crippen LogP contribution in [0.4, 0.5) is 0 Å². The summed E-state index contributed by atoms with van der Waals surface area (Å²) in [5.74, 6) is -1.60. The zero-order valence-electron chi connectivity index (χ0n) is 17.9. The number of nitrogens with zero attached hydrogens (tertiary/aromatic N) is 1. The summed E-state index contributed by atoms with van der Waals surface area (Å²) in [5.41, 5.74) is 0. The molecule has 0 aliphatic heterocycles. The second-order valence-corrected chi connectivity index (χ2v) is 9.77. The van der Waals surface area contributed by atoms with Crippen LogP contribution < -0.4 is 0 Å². The quantitative estimate of drug-likeness (QED) is 0.324. The average molecular weight is 478 g/mol. The molecule has 0 aromatic heterocycles. The number of rotatable bonds is 15. The van der Waals surface area contributed by atoms with Crippen molar-refractivity contribution in [3.8, 4) is 0 Å². The third-order valence-corrected chi connectivity index (χ3v) is 7.16. The van der Waals surface area contributed by atoms with Gasteiger partial charge in [-0.1, -0.05) is 62.7 Å². The molecule has 2 unspecified atom stereocenters. The number of carbonyl (C=O) groups is 2. The first kappa shape index (κ1) is 26.9. The molecule has 170 valence electrons. The number of halogens is 2. The third-order valence-electron chi connectivity index (χ3n) is 4.94. The maximum atomic E-state index is 13.3. The highest BCUT2D eigenvalue weighted by Crippen LogP contribution is 2.25. The molecule has 5 nitrogen and oxygen atoms in total. The lowest BCUT2D eigenvalue weighted by atomic mass is 10.0. The van der Waals surface area contributed by atoms with Crippen molar-refractivity contribution >= 4 is 45.9 Å². The van der Waals surface area contributed by atoms with Crippen LogP contribution in [0.1, 0.15) is 65.2 Å². The number of aliphatic carboxylic acids is 1. The highest BCUT2D eigenvalue weighted by atomic mass is 35.5. The molecule has 0 bridgehead atoms. The molecule has 0 saturated carbocycles. The Balaban J connectivity index is 2.96. The van der Waals surface area contributed by atoms with Crippen LogP contribution in [0, 0.1) is 5.92 Å². The zero-order valence-corrected chi connectivity index (χ0v) is 20.2. The van der Waals surface area contributed by atoms with E-state index in [1.807, 2.05) is 4.90 Å². The fraction of sp³-hybridized carbons (Fsp3) is 0.636. The summed E-state index contributed by atoms with van der Waals surface area (Å²) in [4.78, 5) is 26.7. The van der Waals surface area contributed by atoms with Gasteiger partial charge < -0.3 is 10.0 Å². The lowest BCUT2D eigenvalue weighted by Gasteiger charge is -2.27. The van der Waals surface area contributed by atoms with Crippen molar-refractivity contribution < 1.29 is 18.9 Å². The molecule has 1 aromatic carbocycles. The summed E-state index contributed by atoms with van der Waals surface area (Å²) in [7, 11) is -1.48. The molecule has 0 saturated heterocycles. The van der Waals surface area contributed by atoms with E-state index in [2.05, 4.69) is 13.8 Å². The molecule has 0 radical (unpaired) electrons. The van der Waals surface area contributed by atoms with Crippen molar-refractivity contribution in [2.24, 2.45) is 5.92 Å². The van der Waals surface area contributed by atoms with E-state index in [0.717, 1.165) is 38.5 Å². The van der Waals surface area contributed by atoms with Crippen molar-refractivity contribution in [2.75, 3.05) is 18.8 Å². The van der Waals surface area contributed by atoms with Crippen LogP contribution in [-0.4, -0.2) is 44.9 Å². The SMILES string of the molecule is CCCCCN(CCCCC)C(=O)C(CCC(=O)O)CS(=O)c1ccc(Cl)c(Cl)c1. The molecule has 0 aliphatic rings. The second-order valence-electron chi connectivity index (χ2n) is 7.46. The molecular formula is C22H33Cl2NO4S. The number of carboxylic acids is 1. The van der Waals surface area contributed by atoms with Gasteiger partial charge in [0.1, 0.15) is 0 Å². The van der Waals surface area contributed by atoms with Gasteiger partial charge in [0.15, 0.2) is 0 Å². The molecule has 0 fully saturated rings. The van der Waals surface area contributed by atoms with Crippen LogP contribution in [0.2, 0.25) is 10.0 Å². The Kier molecular flexibility index (Phi) is 13.3. The van der Waals surface area contributed by atoms with E-state index in [-0.39, 0.29) is 24.5 Å². The van der Waals surface area contributed by atoms with Gasteiger partial charge >= 0.3 is 5.97 Å². The lowest BCUT2D eigenvalue weighted by Crippen LogP contribution is -2.39. The van der Waals surface area contributed by atoms with E-state index in [1.54, 1.807) is 18.2 Å². The molecule has 1 rings (SSSR count). The first-order valence-electron chi connectivity index (χ1n) is 10.6. The molecule has 0 heterocycles. The molecule has 1 N–H and O–H groups in total. The zero-order chi connectivity index (χ0) is 22.5. The number of amides is 1. The summed E-state index contributed by atoms with van der Waals surface area (Å²) >= 11 is 12.0. The van der Waals surface area contributed by atoms with Crippen molar-refractivity contribution in [1.82, 2.24) is 4.90 Å². The lowest BCUT2D eigenvalue weighted by molar-refractivity contribution is -0.138. The highest BCUT2D eigenvalue weighted by molar-refractivity contribution is 7.85. The van der Waals surface area contributed by atoms with Crippen LogP contribution in [0.15, 0.2) is 23.1 Å². The predicted molar refractivity (Wildman–Crippen MR) is 124 cm³/mol. The van der Waals surface area contributed by atoms with E-state index in [4.69, 9.17) is 28.3 Å². The standard InChI is InChI=1S/C22H33Cl2NO4S/c1-3-5-7-13-25(14-8-6-4-2)22(28)17(9-12-21(26)27)16-30(29)18-10-11-19(23)20(24)15-18/h10-11,15,17H,3-9,12-14,16H2,1-2H3,(H,26,27). The number of hydrogen-bond donors (Lipinski definition) is 1. The van der Waals surface area contributed by atoms with Gasteiger partial charge in [0.05, 0.1) is 26.8 Å². The van der Waals surface area contributed by atoms with Crippen LogP contribution >= 0.6 is 23.2 Å². The van der Waals surface area contributed by atoms with Gasteiger partial charge in [-0.2, -0.15) is 0 Å². The fourth-order valence-corrected chi connectivity index (χ4v) is 4.87. The maximum Gasteiger partial charge on any atom is 0.303 e. The van der Waals surface area contributed by atoms with Crippen molar-refractivity contribution in [1.29, 1.82) is 0 Å². The number of carboxylic acid groups (broad SMARTS) is 1. The van der Waals surface area contributed by atoms with Gasteiger partial charge in [-0.25, -0.2) is 0 Å². The van der Waals surface area contributed by atoms with Gasteiger partial charge in [0.2, 0.25) is 5.91 Å². The molecule has 1 amide bonds. The Bertz CT molecular complexity index is 704. The number of benzene rings is 1. The van der Waals surface area contributed by atoms with Gasteiger partial charge in [0.25, 0.3) is 0 Å². The summed E-state index contributed by atoms with van der Waals surface area (Å²) in [6.45, 7) is 5.53. The Labute approximate surface area is 192 Å². The first-order chi connectivity index (χ1) is 14.3. The van der Waals surface area contributed by atoms with Gasteiger partial charge in [-0.3, -0.25) is 13.8 Å². The van der Waals surface area contributed by atoms with Gasteiger partial charge in [0, 0.05) is 30.2 Å².